The second kappa shape index (κ2) is 6.20. The van der Waals surface area contributed by atoms with Gasteiger partial charge in [0.05, 0.1) is 17.7 Å². The Morgan fingerprint density at radius 3 is 3.00 bits per heavy atom. The first-order valence-corrected chi connectivity index (χ1v) is 8.42. The molecule has 106 valence electrons. The molecule has 3 rings (SSSR count). The summed E-state index contributed by atoms with van der Waals surface area (Å²) in [5, 5.41) is 5.63. The molecule has 0 bridgehead atoms. The van der Waals surface area contributed by atoms with Crippen LogP contribution in [0.15, 0.2) is 27.6 Å². The van der Waals surface area contributed by atoms with Crippen LogP contribution < -0.4 is 10.2 Å². The number of hydrogen-bond acceptors (Lipinski definition) is 5. The van der Waals surface area contributed by atoms with Crippen molar-refractivity contribution >= 4 is 33.1 Å². The van der Waals surface area contributed by atoms with Crippen LogP contribution in [0.5, 0.6) is 0 Å². The van der Waals surface area contributed by atoms with E-state index in [1.807, 2.05) is 11.7 Å². The molecule has 4 nitrogen and oxygen atoms in total. The van der Waals surface area contributed by atoms with E-state index < -0.39 is 0 Å². The number of aromatic nitrogens is 2. The number of pyridine rings is 1. The fourth-order valence-corrected chi connectivity index (χ4v) is 3.05. The molecule has 20 heavy (non-hydrogen) atoms. The van der Waals surface area contributed by atoms with Gasteiger partial charge < -0.3 is 10.2 Å². The van der Waals surface area contributed by atoms with E-state index in [9.17, 15) is 0 Å². The number of rotatable bonds is 6. The fraction of sp³-hybridized carbons (Fsp3) is 0.429. The average Bonchev–Trinajstić information content (AvgIpc) is 3.13. The molecule has 1 N–H and O–H groups in total. The molecule has 2 aromatic heterocycles. The molecule has 2 heterocycles. The Labute approximate surface area is 131 Å². The minimum Gasteiger partial charge on any atom is -0.353 e. The lowest BCUT2D eigenvalue weighted by molar-refractivity contribution is 0.682. The zero-order valence-electron chi connectivity index (χ0n) is 11.3. The summed E-state index contributed by atoms with van der Waals surface area (Å²) in [6.07, 6.45) is 4.45. The third kappa shape index (κ3) is 3.56. The number of nitrogens with one attached hydrogen (secondary N) is 1. The lowest BCUT2D eigenvalue weighted by Gasteiger charge is -2.20. The zero-order chi connectivity index (χ0) is 13.9. The first-order chi connectivity index (χ1) is 9.72. The molecule has 0 spiro atoms. The molecule has 1 fully saturated rings. The largest absolute Gasteiger partial charge is 0.353 e. The molecular weight excluding hydrogens is 336 g/mol. The topological polar surface area (TPSA) is 41.1 Å². The van der Waals surface area contributed by atoms with Crippen molar-refractivity contribution in [1.29, 1.82) is 0 Å². The number of halogens is 1. The van der Waals surface area contributed by atoms with Gasteiger partial charge in [0, 0.05) is 41.2 Å². The van der Waals surface area contributed by atoms with Gasteiger partial charge in [-0.1, -0.05) is 0 Å². The predicted octanol–water partition coefficient (Wildman–Crippen LogP) is 3.19. The number of anilines is 1. The first-order valence-electron chi connectivity index (χ1n) is 6.68. The van der Waals surface area contributed by atoms with Crippen LogP contribution in [0.3, 0.4) is 0 Å². The molecular formula is C14H17BrN4S. The summed E-state index contributed by atoms with van der Waals surface area (Å²) in [6.45, 7) is 1.66. The highest BCUT2D eigenvalue weighted by molar-refractivity contribution is 9.10. The summed E-state index contributed by atoms with van der Waals surface area (Å²) in [7, 11) is 2.07. The highest BCUT2D eigenvalue weighted by Gasteiger charge is 2.21. The monoisotopic (exact) mass is 352 g/mol. The van der Waals surface area contributed by atoms with Crippen LogP contribution in [0.25, 0.3) is 0 Å². The van der Waals surface area contributed by atoms with Gasteiger partial charge in [-0.25, -0.2) is 9.97 Å². The van der Waals surface area contributed by atoms with Crippen molar-refractivity contribution in [3.05, 3.63) is 38.9 Å². The van der Waals surface area contributed by atoms with Crippen LogP contribution in [-0.2, 0) is 13.1 Å². The minimum absolute atomic E-state index is 0.700. The summed E-state index contributed by atoms with van der Waals surface area (Å²) >= 11 is 5.14. The van der Waals surface area contributed by atoms with Crippen LogP contribution in [0.1, 0.15) is 24.1 Å². The zero-order valence-corrected chi connectivity index (χ0v) is 13.7. The van der Waals surface area contributed by atoms with Crippen molar-refractivity contribution in [3.63, 3.8) is 0 Å². The summed E-state index contributed by atoms with van der Waals surface area (Å²) in [6, 6.07) is 2.85. The van der Waals surface area contributed by atoms with Gasteiger partial charge in [0.2, 0.25) is 0 Å². The molecule has 0 unspecified atom stereocenters. The van der Waals surface area contributed by atoms with E-state index in [-0.39, 0.29) is 0 Å². The second-order valence-corrected chi connectivity index (χ2v) is 6.76. The van der Waals surface area contributed by atoms with E-state index in [2.05, 4.69) is 54.6 Å². The molecule has 2 aromatic rings. The summed E-state index contributed by atoms with van der Waals surface area (Å²) in [5.41, 5.74) is 4.18. The van der Waals surface area contributed by atoms with E-state index in [0.717, 1.165) is 29.1 Å². The maximum absolute atomic E-state index is 4.57. The van der Waals surface area contributed by atoms with E-state index in [0.29, 0.717) is 6.04 Å². The van der Waals surface area contributed by atoms with Crippen molar-refractivity contribution in [1.82, 2.24) is 15.3 Å². The maximum Gasteiger partial charge on any atom is 0.133 e. The third-order valence-corrected chi connectivity index (χ3v) is 4.38. The highest BCUT2D eigenvalue weighted by atomic mass is 79.9. The van der Waals surface area contributed by atoms with Gasteiger partial charge in [-0.3, -0.25) is 0 Å². The smallest absolute Gasteiger partial charge is 0.133 e. The van der Waals surface area contributed by atoms with Gasteiger partial charge in [-0.2, -0.15) is 0 Å². The lowest BCUT2D eigenvalue weighted by Crippen LogP contribution is -2.23. The van der Waals surface area contributed by atoms with Crippen molar-refractivity contribution in [2.45, 2.75) is 32.0 Å². The Balaban J connectivity index is 1.75. The lowest BCUT2D eigenvalue weighted by atomic mass is 10.2. The van der Waals surface area contributed by atoms with E-state index >= 15 is 0 Å². The first kappa shape index (κ1) is 14.0. The van der Waals surface area contributed by atoms with Gasteiger partial charge in [-0.15, -0.1) is 11.3 Å². The molecule has 1 saturated carbocycles. The fourth-order valence-electron chi connectivity index (χ4n) is 2.12. The van der Waals surface area contributed by atoms with Crippen LogP contribution in [0.2, 0.25) is 0 Å². The molecule has 0 aliphatic heterocycles. The van der Waals surface area contributed by atoms with Gasteiger partial charge in [0.1, 0.15) is 5.82 Å². The Hall–Kier alpha value is -0.980. The number of nitrogens with zero attached hydrogens (tertiary/aromatic N) is 3. The Morgan fingerprint density at radius 2 is 2.30 bits per heavy atom. The maximum atomic E-state index is 4.57. The summed E-state index contributed by atoms with van der Waals surface area (Å²) in [5.74, 6) is 1.02. The van der Waals surface area contributed by atoms with Crippen molar-refractivity contribution in [3.8, 4) is 0 Å². The normalized spacial score (nSPS) is 14.5. The Bertz CT molecular complexity index is 569. The van der Waals surface area contributed by atoms with Crippen LogP contribution in [-0.4, -0.2) is 23.1 Å². The second-order valence-electron chi connectivity index (χ2n) is 5.13. The van der Waals surface area contributed by atoms with Gasteiger partial charge in [0.15, 0.2) is 0 Å². The van der Waals surface area contributed by atoms with E-state index in [1.54, 1.807) is 11.3 Å². The van der Waals surface area contributed by atoms with Crippen LogP contribution in [0, 0.1) is 0 Å². The quantitative estimate of drug-likeness (QED) is 0.866. The third-order valence-electron chi connectivity index (χ3n) is 3.31. The van der Waals surface area contributed by atoms with Crippen LogP contribution >= 0.6 is 27.3 Å². The van der Waals surface area contributed by atoms with Crippen molar-refractivity contribution < 1.29 is 0 Å². The van der Waals surface area contributed by atoms with E-state index in [1.165, 1.54) is 18.4 Å². The molecule has 0 amide bonds. The SMILES string of the molecule is CN(Cc1cscn1)c1ncc(Br)cc1CNC1CC1. The standard InChI is InChI=1S/C14H17BrN4S/c1-19(7-13-8-20-9-18-13)14-10(4-11(15)6-17-14)5-16-12-2-3-12/h4,6,8-9,12,16H,2-3,5,7H2,1H3. The molecule has 0 atom stereocenters. The summed E-state index contributed by atoms with van der Waals surface area (Å²) in [4.78, 5) is 11.1. The molecule has 6 heteroatoms. The minimum atomic E-state index is 0.700. The molecule has 1 aliphatic rings. The van der Waals surface area contributed by atoms with Crippen molar-refractivity contribution in [2.24, 2.45) is 0 Å². The van der Waals surface area contributed by atoms with Gasteiger partial charge in [0.25, 0.3) is 0 Å². The average molecular weight is 353 g/mol. The van der Waals surface area contributed by atoms with Gasteiger partial charge in [-0.05, 0) is 34.8 Å². The predicted molar refractivity (Wildman–Crippen MR) is 86.0 cm³/mol. The molecule has 0 aromatic carbocycles. The summed E-state index contributed by atoms with van der Waals surface area (Å²) < 4.78 is 1.02. The number of hydrogen-bond donors (Lipinski definition) is 1. The Morgan fingerprint density at radius 1 is 1.45 bits per heavy atom. The van der Waals surface area contributed by atoms with Crippen LogP contribution in [0.4, 0.5) is 5.82 Å². The van der Waals surface area contributed by atoms with E-state index in [4.69, 9.17) is 0 Å². The molecule has 1 aliphatic carbocycles. The molecule has 0 saturated heterocycles. The van der Waals surface area contributed by atoms with Gasteiger partial charge >= 0.3 is 0 Å². The highest BCUT2D eigenvalue weighted by Crippen LogP contribution is 2.24. The Kier molecular flexibility index (Phi) is 4.33. The molecule has 0 radical (unpaired) electrons. The number of thiazole rings is 1. The van der Waals surface area contributed by atoms with Crippen molar-refractivity contribution in [2.75, 3.05) is 11.9 Å².